The Kier molecular flexibility index (Phi) is 6.05. The highest BCUT2D eigenvalue weighted by molar-refractivity contribution is 6.35. The molecule has 4 nitrogen and oxygen atoms in total. The summed E-state index contributed by atoms with van der Waals surface area (Å²) in [6.45, 7) is 2.27. The van der Waals surface area contributed by atoms with Crippen LogP contribution in [-0.2, 0) is 13.1 Å². The first-order valence-electron chi connectivity index (χ1n) is 8.04. The van der Waals surface area contributed by atoms with Crippen molar-refractivity contribution in [1.29, 1.82) is 0 Å². The third-order valence-electron chi connectivity index (χ3n) is 3.99. The highest BCUT2D eigenvalue weighted by Gasteiger charge is 2.20. The number of nitrogens with zero attached hydrogens (tertiary/aromatic N) is 2. The number of benzene rings is 2. The van der Waals surface area contributed by atoms with Crippen molar-refractivity contribution in [1.82, 2.24) is 15.1 Å². The highest BCUT2D eigenvalue weighted by atomic mass is 35.5. The van der Waals surface area contributed by atoms with E-state index in [-0.39, 0.29) is 23.4 Å². The molecule has 140 valence electrons. The zero-order valence-electron chi connectivity index (χ0n) is 14.3. The molecule has 1 amide bonds. The van der Waals surface area contributed by atoms with E-state index in [2.05, 4.69) is 10.4 Å². The standard InChI is InChI=1S/C19H15Cl3FN3O/c1-11-17(19(27)24-9-13-4-5-14(20)8-16(13)21)18(22)26(25-11)10-12-2-6-15(23)7-3-12/h2-8H,9-10H2,1H3,(H,24,27). The molecule has 0 saturated carbocycles. The lowest BCUT2D eigenvalue weighted by Crippen LogP contribution is -2.23. The van der Waals surface area contributed by atoms with Crippen LogP contribution in [0.3, 0.4) is 0 Å². The Hall–Kier alpha value is -2.08. The van der Waals surface area contributed by atoms with Gasteiger partial charge in [-0.25, -0.2) is 9.07 Å². The monoisotopic (exact) mass is 425 g/mol. The van der Waals surface area contributed by atoms with Gasteiger partial charge in [0.05, 0.1) is 17.8 Å². The lowest BCUT2D eigenvalue weighted by molar-refractivity contribution is 0.0950. The molecule has 1 heterocycles. The fourth-order valence-corrected chi connectivity index (χ4v) is 3.40. The normalized spacial score (nSPS) is 10.9. The summed E-state index contributed by atoms with van der Waals surface area (Å²) in [6, 6.07) is 11.1. The zero-order valence-corrected chi connectivity index (χ0v) is 16.5. The fourth-order valence-electron chi connectivity index (χ4n) is 2.61. The Morgan fingerprint density at radius 2 is 1.85 bits per heavy atom. The zero-order chi connectivity index (χ0) is 19.6. The van der Waals surface area contributed by atoms with Gasteiger partial charge in [0.2, 0.25) is 0 Å². The van der Waals surface area contributed by atoms with E-state index < -0.39 is 0 Å². The van der Waals surface area contributed by atoms with Gasteiger partial charge in [0.1, 0.15) is 11.0 Å². The summed E-state index contributed by atoms with van der Waals surface area (Å²) >= 11 is 18.4. The Labute approximate surface area is 170 Å². The average Bonchev–Trinajstić information content (AvgIpc) is 2.89. The summed E-state index contributed by atoms with van der Waals surface area (Å²) in [7, 11) is 0. The molecule has 0 fully saturated rings. The Bertz CT molecular complexity index is 987. The van der Waals surface area contributed by atoms with Gasteiger partial charge in [-0.3, -0.25) is 4.79 Å². The van der Waals surface area contributed by atoms with Gasteiger partial charge >= 0.3 is 0 Å². The van der Waals surface area contributed by atoms with Crippen molar-refractivity contribution in [3.8, 4) is 0 Å². The van der Waals surface area contributed by atoms with Gasteiger partial charge in [0, 0.05) is 16.6 Å². The van der Waals surface area contributed by atoms with E-state index in [1.807, 2.05) is 0 Å². The van der Waals surface area contributed by atoms with Gasteiger partial charge in [0.25, 0.3) is 5.91 Å². The van der Waals surface area contributed by atoms with Crippen LogP contribution in [0, 0.1) is 12.7 Å². The van der Waals surface area contributed by atoms with Gasteiger partial charge in [-0.15, -0.1) is 0 Å². The first-order valence-corrected chi connectivity index (χ1v) is 9.18. The first-order chi connectivity index (χ1) is 12.8. The lowest BCUT2D eigenvalue weighted by Gasteiger charge is -2.08. The Morgan fingerprint density at radius 3 is 2.52 bits per heavy atom. The minimum Gasteiger partial charge on any atom is -0.348 e. The Morgan fingerprint density at radius 1 is 1.15 bits per heavy atom. The number of rotatable bonds is 5. The number of hydrogen-bond acceptors (Lipinski definition) is 2. The van der Waals surface area contributed by atoms with Crippen LogP contribution in [0.15, 0.2) is 42.5 Å². The SMILES string of the molecule is Cc1nn(Cc2ccc(F)cc2)c(Cl)c1C(=O)NCc1ccc(Cl)cc1Cl. The predicted octanol–water partition coefficient (Wildman–Crippen LogP) is 5.27. The van der Waals surface area contributed by atoms with Crippen LogP contribution in [0.4, 0.5) is 4.39 Å². The third-order valence-corrected chi connectivity index (χ3v) is 4.96. The summed E-state index contributed by atoms with van der Waals surface area (Å²) in [5.74, 6) is -0.670. The van der Waals surface area contributed by atoms with Gasteiger partial charge < -0.3 is 5.32 Å². The summed E-state index contributed by atoms with van der Waals surface area (Å²) in [5, 5.41) is 8.32. The number of carbonyl (C=O) groups is 1. The summed E-state index contributed by atoms with van der Waals surface area (Å²) in [6.07, 6.45) is 0. The van der Waals surface area contributed by atoms with Crippen LogP contribution in [0.5, 0.6) is 0 Å². The molecule has 0 spiro atoms. The molecule has 0 radical (unpaired) electrons. The van der Waals surface area contributed by atoms with Crippen LogP contribution in [0.2, 0.25) is 15.2 Å². The van der Waals surface area contributed by atoms with Crippen molar-refractivity contribution in [2.75, 3.05) is 0 Å². The van der Waals surface area contributed by atoms with E-state index in [1.54, 1.807) is 37.3 Å². The molecule has 3 rings (SSSR count). The van der Waals surface area contributed by atoms with Gasteiger partial charge in [0.15, 0.2) is 0 Å². The van der Waals surface area contributed by atoms with E-state index in [0.717, 1.165) is 11.1 Å². The molecule has 0 atom stereocenters. The molecule has 1 N–H and O–H groups in total. The van der Waals surface area contributed by atoms with Crippen molar-refractivity contribution >= 4 is 40.7 Å². The van der Waals surface area contributed by atoms with Crippen molar-refractivity contribution in [3.05, 3.63) is 85.9 Å². The molecule has 0 bridgehead atoms. The molecule has 0 aliphatic rings. The predicted molar refractivity (Wildman–Crippen MR) is 105 cm³/mol. The van der Waals surface area contributed by atoms with E-state index >= 15 is 0 Å². The summed E-state index contributed by atoms with van der Waals surface area (Å²) in [4.78, 5) is 12.6. The lowest BCUT2D eigenvalue weighted by atomic mass is 10.2. The van der Waals surface area contributed by atoms with Crippen molar-refractivity contribution < 1.29 is 9.18 Å². The number of carbonyl (C=O) groups excluding carboxylic acids is 1. The maximum absolute atomic E-state index is 13.0. The van der Waals surface area contributed by atoms with Crippen molar-refractivity contribution in [3.63, 3.8) is 0 Å². The summed E-state index contributed by atoms with van der Waals surface area (Å²) in [5.41, 5.74) is 2.35. The molecule has 8 heteroatoms. The molecular formula is C19H15Cl3FN3O. The minimum absolute atomic E-state index is 0.219. The second-order valence-electron chi connectivity index (χ2n) is 5.95. The molecule has 2 aromatic carbocycles. The van der Waals surface area contributed by atoms with Crippen molar-refractivity contribution in [2.45, 2.75) is 20.0 Å². The van der Waals surface area contributed by atoms with Gasteiger partial charge in [-0.1, -0.05) is 53.0 Å². The van der Waals surface area contributed by atoms with Crippen LogP contribution in [0.1, 0.15) is 27.2 Å². The second-order valence-corrected chi connectivity index (χ2v) is 7.16. The van der Waals surface area contributed by atoms with Gasteiger partial charge in [-0.05, 0) is 42.3 Å². The van der Waals surface area contributed by atoms with Crippen LogP contribution in [0.25, 0.3) is 0 Å². The van der Waals surface area contributed by atoms with Crippen molar-refractivity contribution in [2.24, 2.45) is 0 Å². The number of nitrogens with one attached hydrogen (secondary N) is 1. The number of halogens is 4. The molecule has 3 aromatic rings. The Balaban J connectivity index is 1.75. The smallest absolute Gasteiger partial charge is 0.256 e. The highest BCUT2D eigenvalue weighted by Crippen LogP contribution is 2.23. The van der Waals surface area contributed by atoms with E-state index in [0.29, 0.717) is 27.8 Å². The fraction of sp³-hybridized carbons (Fsp3) is 0.158. The topological polar surface area (TPSA) is 46.9 Å². The largest absolute Gasteiger partial charge is 0.348 e. The molecule has 27 heavy (non-hydrogen) atoms. The molecule has 0 aliphatic carbocycles. The van der Waals surface area contributed by atoms with E-state index in [1.165, 1.54) is 16.8 Å². The third kappa shape index (κ3) is 4.61. The number of aryl methyl sites for hydroxylation is 1. The van der Waals surface area contributed by atoms with Crippen LogP contribution in [-0.4, -0.2) is 15.7 Å². The van der Waals surface area contributed by atoms with Gasteiger partial charge in [-0.2, -0.15) is 5.10 Å². The molecule has 0 aliphatic heterocycles. The second kappa shape index (κ2) is 8.30. The molecule has 0 saturated heterocycles. The number of aromatic nitrogens is 2. The molecular weight excluding hydrogens is 412 g/mol. The molecule has 1 aromatic heterocycles. The van der Waals surface area contributed by atoms with Crippen LogP contribution >= 0.6 is 34.8 Å². The van der Waals surface area contributed by atoms with E-state index in [4.69, 9.17) is 34.8 Å². The minimum atomic E-state index is -0.353. The summed E-state index contributed by atoms with van der Waals surface area (Å²) < 4.78 is 14.5. The quantitative estimate of drug-likeness (QED) is 0.604. The van der Waals surface area contributed by atoms with Crippen LogP contribution < -0.4 is 5.32 Å². The average molecular weight is 427 g/mol. The number of hydrogen-bond donors (Lipinski definition) is 1. The maximum atomic E-state index is 13.0. The maximum Gasteiger partial charge on any atom is 0.256 e. The van der Waals surface area contributed by atoms with E-state index in [9.17, 15) is 9.18 Å². The molecule has 0 unspecified atom stereocenters. The first kappa shape index (κ1) is 19.7. The number of amides is 1.